The van der Waals surface area contributed by atoms with Crippen LogP contribution in [0.25, 0.3) is 0 Å². The van der Waals surface area contributed by atoms with E-state index < -0.39 is 22.5 Å². The molecule has 6 heteroatoms. The number of hydrogen-bond donors (Lipinski definition) is 0. The summed E-state index contributed by atoms with van der Waals surface area (Å²) in [6.45, 7) is 1.21. The van der Waals surface area contributed by atoms with Crippen LogP contribution in [0, 0.1) is 0 Å². The second kappa shape index (κ2) is 5.41. The number of rotatable bonds is 4. The maximum Gasteiger partial charge on any atom is 0.329 e. The highest BCUT2D eigenvalue weighted by Crippen LogP contribution is 2.27. The minimum Gasteiger partial charge on any atom is -0.614 e. The van der Waals surface area contributed by atoms with Gasteiger partial charge in [-0.3, -0.25) is 9.59 Å². The standard InChI is InChI=1S/C12H13NO4S/c1-9(14)17-13-11(15)7-12(13)18(16)8-10-5-3-2-4-6-10/h2-6,12H,7-8H2,1H3/t12-,18?/m0/s1. The molecule has 0 saturated carbocycles. The molecular weight excluding hydrogens is 254 g/mol. The first-order chi connectivity index (χ1) is 8.58. The first-order valence-corrected chi connectivity index (χ1v) is 6.88. The molecule has 1 amide bonds. The van der Waals surface area contributed by atoms with E-state index in [1.807, 2.05) is 30.3 Å². The lowest BCUT2D eigenvalue weighted by atomic mass is 10.2. The maximum atomic E-state index is 12.1. The molecule has 2 atom stereocenters. The molecule has 1 saturated heterocycles. The van der Waals surface area contributed by atoms with Gasteiger partial charge in [-0.15, -0.1) is 5.06 Å². The Morgan fingerprint density at radius 1 is 1.50 bits per heavy atom. The second-order valence-corrected chi connectivity index (χ2v) is 5.57. The number of hydrogen-bond acceptors (Lipinski definition) is 4. The summed E-state index contributed by atoms with van der Waals surface area (Å²) in [5.74, 6) is -0.544. The SMILES string of the molecule is CC(=O)ON1C(=O)C[C@@H]1[S+]([O-])Cc1ccccc1. The van der Waals surface area contributed by atoms with Crippen LogP contribution in [0.1, 0.15) is 18.9 Å². The van der Waals surface area contributed by atoms with Gasteiger partial charge in [0.25, 0.3) is 5.91 Å². The van der Waals surface area contributed by atoms with E-state index in [4.69, 9.17) is 4.84 Å². The van der Waals surface area contributed by atoms with Gasteiger partial charge >= 0.3 is 5.97 Å². The van der Waals surface area contributed by atoms with Crippen molar-refractivity contribution in [1.82, 2.24) is 5.06 Å². The predicted octanol–water partition coefficient (Wildman–Crippen LogP) is 0.972. The van der Waals surface area contributed by atoms with Crippen LogP contribution < -0.4 is 0 Å². The molecule has 1 unspecified atom stereocenters. The van der Waals surface area contributed by atoms with Crippen LogP contribution in [0.15, 0.2) is 30.3 Å². The van der Waals surface area contributed by atoms with Gasteiger partial charge in [0.05, 0.1) is 0 Å². The Kier molecular flexibility index (Phi) is 3.88. The molecule has 18 heavy (non-hydrogen) atoms. The minimum absolute atomic E-state index is 0.159. The molecule has 96 valence electrons. The van der Waals surface area contributed by atoms with Crippen molar-refractivity contribution in [3.63, 3.8) is 0 Å². The molecule has 0 aromatic heterocycles. The molecule has 5 nitrogen and oxygen atoms in total. The van der Waals surface area contributed by atoms with Gasteiger partial charge in [0, 0.05) is 12.5 Å². The Morgan fingerprint density at radius 2 is 2.17 bits per heavy atom. The number of carbonyl (C=O) groups is 2. The van der Waals surface area contributed by atoms with Crippen molar-refractivity contribution < 1.29 is 19.0 Å². The molecule has 1 aromatic carbocycles. The van der Waals surface area contributed by atoms with Crippen molar-refractivity contribution in [2.75, 3.05) is 0 Å². The number of β-lactam (4-membered cyclic amide) rings is 1. The summed E-state index contributed by atoms with van der Waals surface area (Å²) in [4.78, 5) is 26.8. The molecular formula is C12H13NO4S. The van der Waals surface area contributed by atoms with Crippen molar-refractivity contribution in [3.05, 3.63) is 35.9 Å². The summed E-state index contributed by atoms with van der Waals surface area (Å²) in [5, 5.41) is 0.392. The van der Waals surface area contributed by atoms with Gasteiger partial charge in [-0.1, -0.05) is 30.3 Å². The Bertz CT molecular complexity index is 451. The highest BCUT2D eigenvalue weighted by Gasteiger charge is 2.47. The Morgan fingerprint density at radius 3 is 2.72 bits per heavy atom. The van der Waals surface area contributed by atoms with Gasteiger partial charge in [-0.2, -0.15) is 0 Å². The molecule has 1 aliphatic heterocycles. The smallest absolute Gasteiger partial charge is 0.329 e. The van der Waals surface area contributed by atoms with E-state index in [9.17, 15) is 14.1 Å². The molecule has 0 aliphatic carbocycles. The first kappa shape index (κ1) is 12.9. The van der Waals surface area contributed by atoms with Crippen LogP contribution in [0.3, 0.4) is 0 Å². The van der Waals surface area contributed by atoms with Crippen LogP contribution in [0.2, 0.25) is 0 Å². The molecule has 1 fully saturated rings. The van der Waals surface area contributed by atoms with Crippen LogP contribution in [-0.4, -0.2) is 26.9 Å². The van der Waals surface area contributed by atoms with Crippen molar-refractivity contribution in [2.24, 2.45) is 0 Å². The Hall–Kier alpha value is -1.53. The quantitative estimate of drug-likeness (QED) is 0.602. The van der Waals surface area contributed by atoms with Gasteiger partial charge in [0.1, 0.15) is 12.2 Å². The van der Waals surface area contributed by atoms with E-state index in [0.717, 1.165) is 10.6 Å². The fraction of sp³-hybridized carbons (Fsp3) is 0.333. The van der Waals surface area contributed by atoms with Crippen LogP contribution in [-0.2, 0) is 31.4 Å². The van der Waals surface area contributed by atoms with Gasteiger partial charge in [0.2, 0.25) is 5.37 Å². The zero-order valence-electron chi connectivity index (χ0n) is 9.87. The third-order valence-electron chi connectivity index (χ3n) is 2.54. The third-order valence-corrected chi connectivity index (χ3v) is 4.12. The summed E-state index contributed by atoms with van der Waals surface area (Å²) in [7, 11) is 0. The summed E-state index contributed by atoms with van der Waals surface area (Å²) in [5.41, 5.74) is 0.929. The predicted molar refractivity (Wildman–Crippen MR) is 65.3 cm³/mol. The molecule has 1 aromatic rings. The van der Waals surface area contributed by atoms with Crippen LogP contribution in [0.5, 0.6) is 0 Å². The van der Waals surface area contributed by atoms with Crippen molar-refractivity contribution in [1.29, 1.82) is 0 Å². The Balaban J connectivity index is 1.95. The third kappa shape index (κ3) is 2.83. The van der Waals surface area contributed by atoms with Gasteiger partial charge in [-0.05, 0) is 11.2 Å². The van der Waals surface area contributed by atoms with Crippen molar-refractivity contribution in [3.8, 4) is 0 Å². The largest absolute Gasteiger partial charge is 0.614 e. The molecule has 1 aliphatic rings. The highest BCUT2D eigenvalue weighted by molar-refractivity contribution is 7.91. The molecule has 0 radical (unpaired) electrons. The van der Waals surface area contributed by atoms with Gasteiger partial charge < -0.3 is 9.39 Å². The number of amides is 1. The average molecular weight is 267 g/mol. The topological polar surface area (TPSA) is 69.7 Å². The van der Waals surface area contributed by atoms with Crippen LogP contribution in [0.4, 0.5) is 0 Å². The van der Waals surface area contributed by atoms with Gasteiger partial charge in [-0.25, -0.2) is 0 Å². The summed E-state index contributed by atoms with van der Waals surface area (Å²) >= 11 is -1.27. The van der Waals surface area contributed by atoms with E-state index in [2.05, 4.69) is 0 Å². The van der Waals surface area contributed by atoms with Gasteiger partial charge in [0.15, 0.2) is 0 Å². The first-order valence-electron chi connectivity index (χ1n) is 5.49. The average Bonchev–Trinajstić information content (AvgIpc) is 2.34. The van der Waals surface area contributed by atoms with Crippen molar-refractivity contribution >= 4 is 23.1 Å². The number of carbonyl (C=O) groups excluding carboxylic acids is 2. The normalized spacial score (nSPS) is 20.2. The summed E-state index contributed by atoms with van der Waals surface area (Å²) < 4.78 is 12.1. The molecule has 2 rings (SSSR count). The minimum atomic E-state index is -1.27. The van der Waals surface area contributed by atoms with Crippen LogP contribution >= 0.6 is 0 Å². The fourth-order valence-corrected chi connectivity index (χ4v) is 3.07. The van der Waals surface area contributed by atoms with E-state index in [-0.39, 0.29) is 12.3 Å². The van der Waals surface area contributed by atoms with Crippen molar-refractivity contribution in [2.45, 2.75) is 24.5 Å². The second-order valence-electron chi connectivity index (χ2n) is 3.97. The summed E-state index contributed by atoms with van der Waals surface area (Å²) in [6, 6.07) is 9.35. The number of benzene rings is 1. The lowest BCUT2D eigenvalue weighted by Gasteiger charge is -2.37. The molecule has 0 bridgehead atoms. The zero-order chi connectivity index (χ0) is 13.1. The maximum absolute atomic E-state index is 12.1. The van der Waals surface area contributed by atoms with E-state index in [1.165, 1.54) is 6.92 Å². The fourth-order valence-electron chi connectivity index (χ4n) is 1.65. The summed E-state index contributed by atoms with van der Waals surface area (Å²) in [6.07, 6.45) is 0.159. The van der Waals surface area contributed by atoms with E-state index in [1.54, 1.807) is 0 Å². The van der Waals surface area contributed by atoms with E-state index >= 15 is 0 Å². The number of hydroxylamine groups is 2. The lowest BCUT2D eigenvalue weighted by molar-refractivity contribution is -0.215. The monoisotopic (exact) mass is 267 g/mol. The molecule has 0 spiro atoms. The Labute approximate surface area is 108 Å². The molecule has 0 N–H and O–H groups in total. The lowest BCUT2D eigenvalue weighted by Crippen LogP contribution is -2.56. The molecule has 1 heterocycles. The zero-order valence-corrected chi connectivity index (χ0v) is 10.7. The highest BCUT2D eigenvalue weighted by atomic mass is 32.2. The van der Waals surface area contributed by atoms with E-state index in [0.29, 0.717) is 5.75 Å². The number of nitrogens with zero attached hydrogens (tertiary/aromatic N) is 1.